The Morgan fingerprint density at radius 1 is 1.36 bits per heavy atom. The van der Waals surface area contributed by atoms with Gasteiger partial charge in [0.1, 0.15) is 0 Å². The maximum absolute atomic E-state index is 12.7. The predicted octanol–water partition coefficient (Wildman–Crippen LogP) is 2.82. The average molecular weight is 346 g/mol. The van der Waals surface area contributed by atoms with Crippen LogP contribution in [0.25, 0.3) is 0 Å². The van der Waals surface area contributed by atoms with Crippen LogP contribution in [0.1, 0.15) is 45.7 Å². The number of aromatic nitrogens is 1. The van der Waals surface area contributed by atoms with Crippen molar-refractivity contribution in [2.45, 2.75) is 46.3 Å². The number of amides is 1. The van der Waals surface area contributed by atoms with Gasteiger partial charge in [-0.05, 0) is 31.4 Å². The zero-order valence-corrected chi connectivity index (χ0v) is 15.2. The van der Waals surface area contributed by atoms with Gasteiger partial charge in [0, 0.05) is 25.4 Å². The molecule has 1 atom stereocenters. The summed E-state index contributed by atoms with van der Waals surface area (Å²) in [5, 5.41) is 10.4. The van der Waals surface area contributed by atoms with Crippen molar-refractivity contribution in [1.29, 1.82) is 0 Å². The van der Waals surface area contributed by atoms with Gasteiger partial charge >= 0.3 is 0 Å². The Kier molecular flexibility index (Phi) is 6.31. The second kappa shape index (κ2) is 8.25. The second-order valence-corrected chi connectivity index (χ2v) is 6.89. The Labute approximate surface area is 148 Å². The molecule has 2 rings (SSSR count). The van der Waals surface area contributed by atoms with Gasteiger partial charge in [0.2, 0.25) is 0 Å². The summed E-state index contributed by atoms with van der Waals surface area (Å²) < 4.78 is 5.54. The molecule has 1 N–H and O–H groups in total. The minimum Gasteiger partial charge on any atom is -0.503 e. The molecule has 1 aliphatic rings. The number of hydrogen-bond donors (Lipinski definition) is 1. The normalized spacial score (nSPS) is 17.9. The molecule has 6 nitrogen and oxygen atoms in total. The molecule has 25 heavy (non-hydrogen) atoms. The van der Waals surface area contributed by atoms with Crippen molar-refractivity contribution < 1.29 is 19.4 Å². The van der Waals surface area contributed by atoms with Crippen molar-refractivity contribution in [3.8, 4) is 0 Å². The number of pyridine rings is 1. The first-order chi connectivity index (χ1) is 11.8. The number of carbonyl (C=O) groups excluding carboxylic acids is 2. The number of aliphatic hydroxyl groups is 1. The molecule has 1 aromatic rings. The third-order valence-corrected chi connectivity index (χ3v) is 3.98. The zero-order chi connectivity index (χ0) is 18.6. The maximum Gasteiger partial charge on any atom is 0.290 e. The van der Waals surface area contributed by atoms with E-state index in [1.165, 1.54) is 4.90 Å². The van der Waals surface area contributed by atoms with Crippen LogP contribution in [0, 0.1) is 5.92 Å². The Balaban J connectivity index is 2.35. The highest BCUT2D eigenvalue weighted by Gasteiger charge is 2.43. The van der Waals surface area contributed by atoms with Crippen LogP contribution in [0.2, 0.25) is 0 Å². The van der Waals surface area contributed by atoms with E-state index in [1.807, 2.05) is 33.8 Å². The summed E-state index contributed by atoms with van der Waals surface area (Å²) in [6.07, 6.45) is 3.57. The number of hydrogen-bond acceptors (Lipinski definition) is 5. The number of Topliss-reactive ketones (excluding diaryl/α,β-unsaturated/α-hetero) is 1. The monoisotopic (exact) mass is 346 g/mol. The van der Waals surface area contributed by atoms with E-state index >= 15 is 0 Å². The molecule has 0 bridgehead atoms. The lowest BCUT2D eigenvalue weighted by Crippen LogP contribution is -2.34. The van der Waals surface area contributed by atoms with Crippen LogP contribution in [-0.2, 0) is 14.3 Å². The smallest absolute Gasteiger partial charge is 0.290 e. The standard InChI is InChI=1S/C19H26N2O4/c1-12(2)10-15(22)16-17(14-6-5-7-20-11-14)21(19(24)18(16)23)8-9-25-13(3)4/h5-7,11-13,17,23H,8-10H2,1-4H3. The first kappa shape index (κ1) is 19.1. The molecule has 0 aliphatic carbocycles. The number of nitrogens with zero attached hydrogens (tertiary/aromatic N) is 2. The van der Waals surface area contributed by atoms with Crippen molar-refractivity contribution in [2.24, 2.45) is 5.92 Å². The molecule has 0 saturated carbocycles. The number of rotatable bonds is 8. The fourth-order valence-electron chi connectivity index (χ4n) is 2.92. The van der Waals surface area contributed by atoms with Crippen LogP contribution in [0.3, 0.4) is 0 Å². The Morgan fingerprint density at radius 3 is 2.64 bits per heavy atom. The lowest BCUT2D eigenvalue weighted by molar-refractivity contribution is -0.130. The average Bonchev–Trinajstić information content (AvgIpc) is 2.79. The fourth-order valence-corrected chi connectivity index (χ4v) is 2.92. The first-order valence-corrected chi connectivity index (χ1v) is 8.61. The second-order valence-electron chi connectivity index (χ2n) is 6.89. The Bertz CT molecular complexity index is 653. The SMILES string of the molecule is CC(C)CC(=O)C1=C(O)C(=O)N(CCOC(C)C)C1c1cccnc1. The van der Waals surface area contributed by atoms with Gasteiger partial charge in [0.15, 0.2) is 11.5 Å². The van der Waals surface area contributed by atoms with Gasteiger partial charge < -0.3 is 14.7 Å². The van der Waals surface area contributed by atoms with Gasteiger partial charge in [-0.2, -0.15) is 0 Å². The molecule has 0 saturated heterocycles. The molecule has 1 amide bonds. The lowest BCUT2D eigenvalue weighted by atomic mass is 9.93. The van der Waals surface area contributed by atoms with Crippen molar-refractivity contribution in [1.82, 2.24) is 9.88 Å². The summed E-state index contributed by atoms with van der Waals surface area (Å²) in [6.45, 7) is 8.31. The van der Waals surface area contributed by atoms with Crippen LogP contribution in [0.5, 0.6) is 0 Å². The molecule has 0 radical (unpaired) electrons. The molecule has 1 aromatic heterocycles. The van der Waals surface area contributed by atoms with Crippen molar-refractivity contribution in [3.63, 3.8) is 0 Å². The molecule has 6 heteroatoms. The lowest BCUT2D eigenvalue weighted by Gasteiger charge is -2.27. The Morgan fingerprint density at radius 2 is 2.08 bits per heavy atom. The summed E-state index contributed by atoms with van der Waals surface area (Å²) >= 11 is 0. The number of aliphatic hydroxyl groups excluding tert-OH is 1. The largest absolute Gasteiger partial charge is 0.503 e. The summed E-state index contributed by atoms with van der Waals surface area (Å²) in [7, 11) is 0. The van der Waals surface area contributed by atoms with E-state index in [1.54, 1.807) is 18.5 Å². The van der Waals surface area contributed by atoms with Crippen molar-refractivity contribution >= 4 is 11.7 Å². The van der Waals surface area contributed by atoms with Gasteiger partial charge in [-0.15, -0.1) is 0 Å². The number of ether oxygens (including phenoxy) is 1. The zero-order valence-electron chi connectivity index (χ0n) is 15.2. The number of carbonyl (C=O) groups is 2. The van der Waals surface area contributed by atoms with Gasteiger partial charge in [-0.1, -0.05) is 19.9 Å². The van der Waals surface area contributed by atoms with Crippen LogP contribution in [0.4, 0.5) is 0 Å². The Hall–Kier alpha value is -2.21. The van der Waals surface area contributed by atoms with E-state index in [2.05, 4.69) is 4.98 Å². The number of ketones is 1. The minimum absolute atomic E-state index is 0.0400. The molecule has 0 aromatic carbocycles. The summed E-state index contributed by atoms with van der Waals surface area (Å²) in [5.74, 6) is -1.06. The predicted molar refractivity (Wildman–Crippen MR) is 93.9 cm³/mol. The molecule has 0 fully saturated rings. The third-order valence-electron chi connectivity index (χ3n) is 3.98. The van der Waals surface area contributed by atoms with E-state index in [-0.39, 0.29) is 29.8 Å². The third kappa shape index (κ3) is 4.45. The molecule has 0 spiro atoms. The molecule has 2 heterocycles. The van der Waals surface area contributed by atoms with Gasteiger partial charge in [-0.3, -0.25) is 14.6 Å². The summed E-state index contributed by atoms with van der Waals surface area (Å²) in [4.78, 5) is 30.8. The van der Waals surface area contributed by atoms with E-state index in [4.69, 9.17) is 4.74 Å². The highest BCUT2D eigenvalue weighted by atomic mass is 16.5. The van der Waals surface area contributed by atoms with E-state index < -0.39 is 17.7 Å². The van der Waals surface area contributed by atoms with Crippen molar-refractivity contribution in [3.05, 3.63) is 41.4 Å². The van der Waals surface area contributed by atoms with Crippen LogP contribution in [-0.4, -0.2) is 45.9 Å². The minimum atomic E-state index is -0.622. The quantitative estimate of drug-likeness (QED) is 0.783. The van der Waals surface area contributed by atoms with Crippen LogP contribution in [0.15, 0.2) is 35.9 Å². The molecular formula is C19H26N2O4. The van der Waals surface area contributed by atoms with E-state index in [0.29, 0.717) is 18.7 Å². The van der Waals surface area contributed by atoms with Gasteiger partial charge in [0.25, 0.3) is 5.91 Å². The molecule has 136 valence electrons. The highest BCUT2D eigenvalue weighted by Crippen LogP contribution is 2.38. The van der Waals surface area contributed by atoms with Crippen molar-refractivity contribution in [2.75, 3.05) is 13.2 Å². The topological polar surface area (TPSA) is 79.7 Å². The summed E-state index contributed by atoms with van der Waals surface area (Å²) in [5.41, 5.74) is 0.868. The van der Waals surface area contributed by atoms with Crippen LogP contribution >= 0.6 is 0 Å². The fraction of sp³-hybridized carbons (Fsp3) is 0.526. The van der Waals surface area contributed by atoms with E-state index in [9.17, 15) is 14.7 Å². The molecular weight excluding hydrogens is 320 g/mol. The maximum atomic E-state index is 12.7. The molecule has 1 aliphatic heterocycles. The first-order valence-electron chi connectivity index (χ1n) is 8.61. The molecule has 1 unspecified atom stereocenters. The van der Waals surface area contributed by atoms with E-state index in [0.717, 1.165) is 0 Å². The highest BCUT2D eigenvalue weighted by molar-refractivity contribution is 6.08. The van der Waals surface area contributed by atoms with Gasteiger partial charge in [0.05, 0.1) is 24.3 Å². The summed E-state index contributed by atoms with van der Waals surface area (Å²) in [6, 6.07) is 2.94. The van der Waals surface area contributed by atoms with Crippen LogP contribution < -0.4 is 0 Å². The van der Waals surface area contributed by atoms with Gasteiger partial charge in [-0.25, -0.2) is 0 Å².